The third-order valence-electron chi connectivity index (χ3n) is 6.24. The summed E-state index contributed by atoms with van der Waals surface area (Å²) in [5, 5.41) is 7.98. The highest BCUT2D eigenvalue weighted by molar-refractivity contribution is 5.93. The molecule has 0 spiro atoms. The molecule has 0 unspecified atom stereocenters. The van der Waals surface area contributed by atoms with Crippen molar-refractivity contribution in [1.82, 2.24) is 20.2 Å². The Hall–Kier alpha value is -3.43. The van der Waals surface area contributed by atoms with Gasteiger partial charge in [-0.25, -0.2) is 4.39 Å². The molecule has 3 aromatic rings. The second-order valence-corrected chi connectivity index (χ2v) is 9.07. The zero-order chi connectivity index (χ0) is 23.1. The number of rotatable bonds is 6. The maximum atomic E-state index is 14.3. The van der Waals surface area contributed by atoms with Gasteiger partial charge in [-0.15, -0.1) is 0 Å². The van der Waals surface area contributed by atoms with Gasteiger partial charge in [0, 0.05) is 48.4 Å². The zero-order valence-corrected chi connectivity index (χ0v) is 18.7. The van der Waals surface area contributed by atoms with Crippen LogP contribution in [0.25, 0.3) is 11.3 Å². The highest BCUT2D eigenvalue weighted by Gasteiger charge is 2.40. The Morgan fingerprint density at radius 3 is 2.48 bits per heavy atom. The summed E-state index contributed by atoms with van der Waals surface area (Å²) < 4.78 is 25.0. The summed E-state index contributed by atoms with van der Waals surface area (Å²) in [4.78, 5) is 21.8. The number of nitrogens with zero attached hydrogens (tertiary/aromatic N) is 5. The molecule has 1 aliphatic carbocycles. The Balaban J connectivity index is 1.29. The van der Waals surface area contributed by atoms with E-state index < -0.39 is 5.82 Å². The molecular weight excluding hydrogens is 427 g/mol. The minimum atomic E-state index is -0.504. The van der Waals surface area contributed by atoms with Gasteiger partial charge in [0.1, 0.15) is 11.5 Å². The minimum Gasteiger partial charge on any atom is -0.399 e. The van der Waals surface area contributed by atoms with Crippen LogP contribution in [0.5, 0.6) is 0 Å². The lowest BCUT2D eigenvalue weighted by atomic mass is 10.0. The van der Waals surface area contributed by atoms with Crippen molar-refractivity contribution in [1.29, 1.82) is 0 Å². The van der Waals surface area contributed by atoms with Crippen LogP contribution in [0.1, 0.15) is 61.8 Å². The van der Waals surface area contributed by atoms with Gasteiger partial charge in [-0.1, -0.05) is 24.2 Å². The molecule has 2 fully saturated rings. The van der Waals surface area contributed by atoms with Gasteiger partial charge in [-0.3, -0.25) is 4.79 Å². The topological polar surface area (TPSA) is 115 Å². The molecule has 3 heterocycles. The predicted molar refractivity (Wildman–Crippen MR) is 119 cm³/mol. The fraction of sp³-hybridized carbons (Fsp3) is 0.478. The number of nitrogens with two attached hydrogens (primary N) is 1. The molecule has 1 aliphatic heterocycles. The van der Waals surface area contributed by atoms with E-state index in [-0.39, 0.29) is 40.9 Å². The van der Waals surface area contributed by atoms with Crippen LogP contribution in [0.4, 0.5) is 16.1 Å². The summed E-state index contributed by atoms with van der Waals surface area (Å²) in [5.74, 6) is 0.312. The molecule has 5 rings (SSSR count). The zero-order valence-electron chi connectivity index (χ0n) is 18.7. The molecule has 2 aliphatic rings. The molecular formula is C23H27FN6O3. The monoisotopic (exact) mass is 454 g/mol. The highest BCUT2D eigenvalue weighted by atomic mass is 19.1. The van der Waals surface area contributed by atoms with Crippen molar-refractivity contribution in [2.75, 3.05) is 23.7 Å². The minimum absolute atomic E-state index is 0.0792. The number of halogens is 1. The largest absolute Gasteiger partial charge is 0.399 e. The Morgan fingerprint density at radius 2 is 1.85 bits per heavy atom. The van der Waals surface area contributed by atoms with Crippen LogP contribution < -0.4 is 10.6 Å². The van der Waals surface area contributed by atoms with Gasteiger partial charge in [0.25, 0.3) is 5.91 Å². The van der Waals surface area contributed by atoms with Gasteiger partial charge in [0.2, 0.25) is 5.76 Å². The van der Waals surface area contributed by atoms with E-state index in [0.29, 0.717) is 17.5 Å². The van der Waals surface area contributed by atoms with Crippen molar-refractivity contribution < 1.29 is 18.2 Å². The van der Waals surface area contributed by atoms with Crippen molar-refractivity contribution in [2.24, 2.45) is 0 Å². The van der Waals surface area contributed by atoms with Gasteiger partial charge in [0.05, 0.1) is 0 Å². The molecule has 0 radical (unpaired) electrons. The number of anilines is 2. The Bertz CT molecular complexity index is 1150. The third kappa shape index (κ3) is 4.29. The molecule has 2 aromatic heterocycles. The number of benzene rings is 1. The first-order valence-corrected chi connectivity index (χ1v) is 11.3. The van der Waals surface area contributed by atoms with Crippen LogP contribution in [0, 0.1) is 5.82 Å². The molecule has 1 aromatic carbocycles. The molecule has 9 nitrogen and oxygen atoms in total. The first kappa shape index (κ1) is 21.4. The Morgan fingerprint density at radius 1 is 1.12 bits per heavy atom. The fourth-order valence-corrected chi connectivity index (χ4v) is 4.28. The van der Waals surface area contributed by atoms with Gasteiger partial charge in [0.15, 0.2) is 5.82 Å². The predicted octanol–water partition coefficient (Wildman–Crippen LogP) is 3.84. The summed E-state index contributed by atoms with van der Waals surface area (Å²) in [6.07, 6.45) is 3.52. The van der Waals surface area contributed by atoms with E-state index in [1.807, 2.05) is 18.7 Å². The van der Waals surface area contributed by atoms with E-state index in [1.54, 1.807) is 6.07 Å². The Labute approximate surface area is 190 Å². The molecule has 33 heavy (non-hydrogen) atoms. The number of carbonyl (C=O) groups excluding carboxylic acids is 1. The molecule has 10 heteroatoms. The van der Waals surface area contributed by atoms with E-state index in [4.69, 9.17) is 14.8 Å². The van der Waals surface area contributed by atoms with Crippen LogP contribution in [0.15, 0.2) is 33.3 Å². The first-order valence-electron chi connectivity index (χ1n) is 11.3. The smallest absolute Gasteiger partial charge is 0.324 e. The molecule has 1 amide bonds. The van der Waals surface area contributed by atoms with Gasteiger partial charge in [-0.2, -0.15) is 4.98 Å². The summed E-state index contributed by atoms with van der Waals surface area (Å²) in [7, 11) is 0. The van der Waals surface area contributed by atoms with Gasteiger partial charge < -0.3 is 24.6 Å². The average molecular weight is 455 g/mol. The summed E-state index contributed by atoms with van der Waals surface area (Å²) in [5.41, 5.74) is 6.47. The van der Waals surface area contributed by atoms with Crippen molar-refractivity contribution in [3.05, 3.63) is 41.7 Å². The van der Waals surface area contributed by atoms with Crippen LogP contribution >= 0.6 is 0 Å². The maximum absolute atomic E-state index is 14.3. The molecule has 0 atom stereocenters. The van der Waals surface area contributed by atoms with Gasteiger partial charge in [-0.05, 0) is 43.9 Å². The Kier molecular flexibility index (Phi) is 5.51. The number of hydrogen-bond donors (Lipinski definition) is 1. The average Bonchev–Trinajstić information content (AvgIpc) is 3.29. The second kappa shape index (κ2) is 8.49. The quantitative estimate of drug-likeness (QED) is 0.559. The van der Waals surface area contributed by atoms with E-state index in [1.165, 1.54) is 18.2 Å². The lowest BCUT2D eigenvalue weighted by Crippen LogP contribution is -2.48. The van der Waals surface area contributed by atoms with E-state index in [9.17, 15) is 9.18 Å². The number of aromatic nitrogens is 3. The third-order valence-corrected chi connectivity index (χ3v) is 6.24. The number of amides is 1. The lowest BCUT2D eigenvalue weighted by molar-refractivity contribution is 0.0587. The van der Waals surface area contributed by atoms with Crippen LogP contribution in [-0.2, 0) is 0 Å². The fourth-order valence-electron chi connectivity index (χ4n) is 4.28. The van der Waals surface area contributed by atoms with E-state index >= 15 is 0 Å². The van der Waals surface area contributed by atoms with E-state index in [2.05, 4.69) is 20.2 Å². The van der Waals surface area contributed by atoms with Crippen molar-refractivity contribution >= 4 is 17.6 Å². The number of hydrogen-bond acceptors (Lipinski definition) is 8. The molecule has 1 saturated heterocycles. The van der Waals surface area contributed by atoms with E-state index in [0.717, 1.165) is 38.8 Å². The molecule has 0 bridgehead atoms. The van der Waals surface area contributed by atoms with Gasteiger partial charge >= 0.3 is 6.01 Å². The normalized spacial score (nSPS) is 17.0. The standard InChI is InChI=1S/C23H27FN6O3/c1-13(2)21-26-23(33-28-21)29-9-7-16(8-10-29)30(15-4-5-15)22(31)20-12-19(27-32-20)17-6-3-14(25)11-18(17)24/h3,6,11-13,15-16H,4-5,7-10,25H2,1-2H3. The van der Waals surface area contributed by atoms with Crippen LogP contribution in [0.3, 0.4) is 0 Å². The number of nitrogen functional groups attached to an aromatic ring is 1. The SMILES string of the molecule is CC(C)c1noc(N2CCC(N(C(=O)c3cc(-c4ccc(N)cc4F)no3)C3CC3)CC2)n1. The van der Waals surface area contributed by atoms with Crippen LogP contribution in [0.2, 0.25) is 0 Å². The molecule has 174 valence electrons. The highest BCUT2D eigenvalue weighted by Crippen LogP contribution is 2.35. The summed E-state index contributed by atoms with van der Waals surface area (Å²) in [6, 6.07) is 6.67. The molecule has 1 saturated carbocycles. The summed E-state index contributed by atoms with van der Waals surface area (Å²) >= 11 is 0. The van der Waals surface area contributed by atoms with Crippen LogP contribution in [-0.4, -0.2) is 51.3 Å². The molecule has 2 N–H and O–H groups in total. The lowest BCUT2D eigenvalue weighted by Gasteiger charge is -2.37. The van der Waals surface area contributed by atoms with Crippen molar-refractivity contribution in [3.8, 4) is 11.3 Å². The number of carbonyl (C=O) groups is 1. The van der Waals surface area contributed by atoms with Crippen molar-refractivity contribution in [2.45, 2.75) is 57.5 Å². The maximum Gasteiger partial charge on any atom is 0.324 e. The summed E-state index contributed by atoms with van der Waals surface area (Å²) in [6.45, 7) is 5.49. The number of piperidine rings is 1. The second-order valence-electron chi connectivity index (χ2n) is 9.07. The van der Waals surface area contributed by atoms with Crippen molar-refractivity contribution in [3.63, 3.8) is 0 Å². The first-order chi connectivity index (χ1) is 15.9.